The van der Waals surface area contributed by atoms with E-state index in [0.29, 0.717) is 6.42 Å². The van der Waals surface area contributed by atoms with Crippen LogP contribution in [0.5, 0.6) is 0 Å². The number of unbranched alkanes of at least 4 members (excludes halogenated alkanes) is 4. The smallest absolute Gasteiger partial charge is 0.373 e. The summed E-state index contributed by atoms with van der Waals surface area (Å²) in [4.78, 5) is 28.1. The van der Waals surface area contributed by atoms with Crippen molar-refractivity contribution in [2.45, 2.75) is 76.3 Å². The number of guanidine groups is 1. The van der Waals surface area contributed by atoms with Gasteiger partial charge in [-0.2, -0.15) is 0 Å². The lowest BCUT2D eigenvalue weighted by Crippen LogP contribution is -2.59. The Morgan fingerprint density at radius 1 is 1.27 bits per heavy atom. The SMILES string of the molecule is CCCCCCCOC(=O)C1=C[C@H](N=C(N)N)[C@@H](NC(C)=O)[C@H]([C@H](O)[C@H](O)CO)O1. The van der Waals surface area contributed by atoms with Gasteiger partial charge in [0.2, 0.25) is 11.7 Å². The third kappa shape index (κ3) is 8.17. The molecule has 5 atom stereocenters. The fourth-order valence-electron chi connectivity index (χ4n) is 3.07. The van der Waals surface area contributed by atoms with Gasteiger partial charge in [0.25, 0.3) is 0 Å². The van der Waals surface area contributed by atoms with Crippen LogP contribution in [0, 0.1) is 0 Å². The van der Waals surface area contributed by atoms with Gasteiger partial charge in [0.05, 0.1) is 25.3 Å². The molecule has 1 rings (SSSR count). The molecule has 0 saturated carbocycles. The van der Waals surface area contributed by atoms with Crippen LogP contribution in [0.25, 0.3) is 0 Å². The molecule has 1 aliphatic rings. The number of ether oxygens (including phenoxy) is 2. The van der Waals surface area contributed by atoms with Crippen molar-refractivity contribution in [1.82, 2.24) is 5.32 Å². The Hall–Kier alpha value is -2.37. The fourth-order valence-corrected chi connectivity index (χ4v) is 3.07. The van der Waals surface area contributed by atoms with Crippen LogP contribution in [0.4, 0.5) is 0 Å². The van der Waals surface area contributed by atoms with Crippen molar-refractivity contribution in [3.8, 4) is 0 Å². The second kappa shape index (κ2) is 13.0. The molecule has 0 aliphatic carbocycles. The van der Waals surface area contributed by atoms with Gasteiger partial charge in [-0.3, -0.25) is 4.79 Å². The lowest BCUT2D eigenvalue weighted by atomic mass is 9.92. The highest BCUT2D eigenvalue weighted by molar-refractivity contribution is 5.87. The van der Waals surface area contributed by atoms with Gasteiger partial charge >= 0.3 is 5.97 Å². The van der Waals surface area contributed by atoms with E-state index in [1.807, 2.05) is 0 Å². The molecule has 11 heteroatoms. The number of hydrogen-bond donors (Lipinski definition) is 6. The van der Waals surface area contributed by atoms with Crippen molar-refractivity contribution in [2.24, 2.45) is 16.5 Å². The van der Waals surface area contributed by atoms with Crippen LogP contribution >= 0.6 is 0 Å². The Morgan fingerprint density at radius 3 is 2.50 bits per heavy atom. The van der Waals surface area contributed by atoms with Gasteiger partial charge in [-0.1, -0.05) is 32.6 Å². The van der Waals surface area contributed by atoms with Crippen LogP contribution in [0.15, 0.2) is 16.8 Å². The van der Waals surface area contributed by atoms with Crippen LogP contribution in [-0.2, 0) is 19.1 Å². The number of amides is 1. The van der Waals surface area contributed by atoms with E-state index in [-0.39, 0.29) is 18.3 Å². The van der Waals surface area contributed by atoms with Crippen molar-refractivity contribution in [3.05, 3.63) is 11.8 Å². The van der Waals surface area contributed by atoms with E-state index >= 15 is 0 Å². The summed E-state index contributed by atoms with van der Waals surface area (Å²) < 4.78 is 10.8. The van der Waals surface area contributed by atoms with E-state index in [9.17, 15) is 19.8 Å². The van der Waals surface area contributed by atoms with E-state index in [1.165, 1.54) is 13.0 Å². The average Bonchev–Trinajstić information content (AvgIpc) is 2.69. The average molecular weight is 431 g/mol. The standard InChI is InChI=1S/C19H34N4O7/c1-3-4-5-6-7-8-29-18(28)14-9-12(23-19(20)21)15(22-11(2)25)17(30-14)16(27)13(26)10-24/h9,12-13,15-17,24,26-27H,3-8,10H2,1-2H3,(H,22,25)(H4,20,21,23)/t12-,13+,15+,16+,17+/m0/s1. The summed E-state index contributed by atoms with van der Waals surface area (Å²) in [5.41, 5.74) is 10.9. The van der Waals surface area contributed by atoms with Crippen LogP contribution in [0.1, 0.15) is 46.0 Å². The molecule has 0 aromatic rings. The summed E-state index contributed by atoms with van der Waals surface area (Å²) in [6.07, 6.45) is 1.62. The van der Waals surface area contributed by atoms with Gasteiger partial charge in [0, 0.05) is 6.92 Å². The van der Waals surface area contributed by atoms with Crippen LogP contribution in [0.3, 0.4) is 0 Å². The summed E-state index contributed by atoms with van der Waals surface area (Å²) in [6, 6.07) is -1.98. The number of rotatable bonds is 12. The molecule has 0 bridgehead atoms. The summed E-state index contributed by atoms with van der Waals surface area (Å²) >= 11 is 0. The number of carbonyl (C=O) groups is 2. The molecule has 1 amide bonds. The first kappa shape index (κ1) is 25.7. The number of nitrogens with one attached hydrogen (secondary N) is 1. The number of aliphatic imine (C=N–C) groups is 1. The zero-order valence-corrected chi connectivity index (χ0v) is 17.5. The maximum absolute atomic E-state index is 12.4. The highest BCUT2D eigenvalue weighted by Gasteiger charge is 2.44. The van der Waals surface area contributed by atoms with Crippen molar-refractivity contribution >= 4 is 17.8 Å². The summed E-state index contributed by atoms with van der Waals surface area (Å²) in [5.74, 6) is -1.82. The Morgan fingerprint density at radius 2 is 1.93 bits per heavy atom. The van der Waals surface area contributed by atoms with Crippen LogP contribution in [0.2, 0.25) is 0 Å². The molecule has 30 heavy (non-hydrogen) atoms. The minimum absolute atomic E-state index is 0.192. The number of hydrogen-bond acceptors (Lipinski definition) is 8. The third-order valence-electron chi connectivity index (χ3n) is 4.58. The normalized spacial score (nSPS) is 22.8. The lowest BCUT2D eigenvalue weighted by Gasteiger charge is -2.38. The monoisotopic (exact) mass is 430 g/mol. The molecule has 0 unspecified atom stereocenters. The van der Waals surface area contributed by atoms with Gasteiger partial charge in [-0.05, 0) is 12.5 Å². The number of aliphatic hydroxyl groups is 3. The van der Waals surface area contributed by atoms with Gasteiger partial charge in [0.15, 0.2) is 5.96 Å². The van der Waals surface area contributed by atoms with Crippen molar-refractivity contribution < 1.29 is 34.4 Å². The number of aliphatic hydroxyl groups excluding tert-OH is 3. The fraction of sp³-hybridized carbons (Fsp3) is 0.737. The minimum Gasteiger partial charge on any atom is -0.478 e. The van der Waals surface area contributed by atoms with E-state index in [4.69, 9.17) is 26.0 Å². The molecule has 11 nitrogen and oxygen atoms in total. The molecule has 0 aromatic carbocycles. The van der Waals surface area contributed by atoms with E-state index in [2.05, 4.69) is 17.2 Å². The Labute approximate surface area is 176 Å². The molecule has 1 heterocycles. The van der Waals surface area contributed by atoms with Gasteiger partial charge in [-0.15, -0.1) is 0 Å². The van der Waals surface area contributed by atoms with Gasteiger partial charge in [0.1, 0.15) is 18.3 Å². The highest BCUT2D eigenvalue weighted by atomic mass is 16.6. The Bertz CT molecular complexity index is 622. The van der Waals surface area contributed by atoms with Crippen LogP contribution in [-0.4, -0.2) is 76.8 Å². The number of carbonyl (C=O) groups excluding carboxylic acids is 2. The molecule has 0 fully saturated rings. The van der Waals surface area contributed by atoms with Gasteiger partial charge < -0.3 is 41.6 Å². The Kier molecular flexibility index (Phi) is 11.2. The molecule has 0 radical (unpaired) electrons. The molecule has 0 spiro atoms. The first-order valence-electron chi connectivity index (χ1n) is 10.1. The summed E-state index contributed by atoms with van der Waals surface area (Å²) in [6.45, 7) is 2.77. The zero-order valence-electron chi connectivity index (χ0n) is 17.5. The van der Waals surface area contributed by atoms with E-state index in [0.717, 1.165) is 25.7 Å². The maximum Gasteiger partial charge on any atom is 0.373 e. The summed E-state index contributed by atoms with van der Waals surface area (Å²) in [5, 5.41) is 32.0. The molecule has 8 N–H and O–H groups in total. The number of nitrogens with two attached hydrogens (primary N) is 2. The molecule has 0 saturated heterocycles. The Balaban J connectivity index is 3.02. The first-order valence-corrected chi connectivity index (χ1v) is 10.1. The van der Waals surface area contributed by atoms with E-state index in [1.54, 1.807) is 0 Å². The minimum atomic E-state index is -1.64. The van der Waals surface area contributed by atoms with Crippen LogP contribution < -0.4 is 16.8 Å². The molecular formula is C19H34N4O7. The third-order valence-corrected chi connectivity index (χ3v) is 4.58. The topological polar surface area (TPSA) is 190 Å². The second-order valence-corrected chi connectivity index (χ2v) is 7.17. The predicted molar refractivity (Wildman–Crippen MR) is 109 cm³/mol. The predicted octanol–water partition coefficient (Wildman–Crippen LogP) is -1.36. The quantitative estimate of drug-likeness (QED) is 0.0940. The molecular weight excluding hydrogens is 396 g/mol. The molecule has 0 aromatic heterocycles. The van der Waals surface area contributed by atoms with Gasteiger partial charge in [-0.25, -0.2) is 9.79 Å². The molecule has 1 aliphatic heterocycles. The lowest BCUT2D eigenvalue weighted by molar-refractivity contribution is -0.151. The second-order valence-electron chi connectivity index (χ2n) is 7.17. The van der Waals surface area contributed by atoms with Crippen molar-refractivity contribution in [1.29, 1.82) is 0 Å². The maximum atomic E-state index is 12.4. The number of esters is 1. The zero-order chi connectivity index (χ0) is 22.7. The van der Waals surface area contributed by atoms with Crippen molar-refractivity contribution in [2.75, 3.05) is 13.2 Å². The molecule has 172 valence electrons. The van der Waals surface area contributed by atoms with Crippen molar-refractivity contribution in [3.63, 3.8) is 0 Å². The van der Waals surface area contributed by atoms with E-state index < -0.39 is 48.9 Å². The number of nitrogens with zero attached hydrogens (tertiary/aromatic N) is 1. The first-order chi connectivity index (χ1) is 14.2. The highest BCUT2D eigenvalue weighted by Crippen LogP contribution is 2.25. The largest absolute Gasteiger partial charge is 0.478 e. The summed E-state index contributed by atoms with van der Waals surface area (Å²) in [7, 11) is 0.